The van der Waals surface area contributed by atoms with Gasteiger partial charge in [0.25, 0.3) is 0 Å². The lowest BCUT2D eigenvalue weighted by Gasteiger charge is -2.76. The summed E-state index contributed by atoms with van der Waals surface area (Å²) in [5.41, 5.74) is 2.68. The molecule has 0 radical (unpaired) electrons. The smallest absolute Gasteiger partial charge is 0.0594 e. The second kappa shape index (κ2) is 7.12. The number of aliphatic hydroxyl groups excluding tert-OH is 2. The SMILES string of the molecule is C=C(C)[C@@H]1CC[C@]2(CO)CC[C@@]3(C)[C@]4(C)CC[C@H]5C(C)(C)[C@@H](O)CC[C@]5(C)[C@H]4CC[C@]3(C)[C@@H]12. The third-order valence-electron chi connectivity index (χ3n) is 14.3. The van der Waals surface area contributed by atoms with Gasteiger partial charge in [0.1, 0.15) is 0 Å². The molecule has 2 nitrogen and oxygen atoms in total. The molecular formula is C31H52O2. The highest BCUT2D eigenvalue weighted by molar-refractivity contribution is 5.25. The van der Waals surface area contributed by atoms with Crippen molar-refractivity contribution < 1.29 is 10.2 Å². The van der Waals surface area contributed by atoms with Gasteiger partial charge in [-0.05, 0) is 127 Å². The van der Waals surface area contributed by atoms with Crippen LogP contribution in [0.1, 0.15) is 113 Å². The van der Waals surface area contributed by atoms with Crippen molar-refractivity contribution in [3.63, 3.8) is 0 Å². The molecule has 0 unspecified atom stereocenters. The lowest BCUT2D eigenvalue weighted by molar-refractivity contribution is -0.279. The van der Waals surface area contributed by atoms with Crippen LogP contribution in [0.3, 0.4) is 0 Å². The van der Waals surface area contributed by atoms with Gasteiger partial charge in [-0.15, -0.1) is 0 Å². The summed E-state index contributed by atoms with van der Waals surface area (Å²) >= 11 is 0. The summed E-state index contributed by atoms with van der Waals surface area (Å²) in [5.74, 6) is 2.49. The van der Waals surface area contributed by atoms with Crippen molar-refractivity contribution in [2.45, 2.75) is 119 Å². The average molecular weight is 457 g/mol. The van der Waals surface area contributed by atoms with E-state index in [9.17, 15) is 10.2 Å². The van der Waals surface area contributed by atoms with Gasteiger partial charge >= 0.3 is 0 Å². The number of fused-ring (bicyclic) bond motifs is 7. The van der Waals surface area contributed by atoms with Crippen LogP contribution in [-0.2, 0) is 0 Å². The number of hydrogen-bond acceptors (Lipinski definition) is 2. The summed E-state index contributed by atoms with van der Waals surface area (Å²) in [6.45, 7) is 22.4. The monoisotopic (exact) mass is 456 g/mol. The standard InChI is InChI=1S/C31H52O2/c1-20(2)21-9-16-31(19-32)18-17-30(8)28(6)14-10-22-26(3,4)24(33)12-13-27(22,5)23(28)11-15-29(30,7)25(21)31/h21-25,32-33H,1,9-19H2,2-8H3/t21-,22-,23+,24-,25+,27-,28+,29+,30-,31+/m0/s1. The first-order valence-electron chi connectivity index (χ1n) is 14.2. The summed E-state index contributed by atoms with van der Waals surface area (Å²) < 4.78 is 0. The van der Waals surface area contributed by atoms with Gasteiger partial charge < -0.3 is 10.2 Å². The lowest BCUT2D eigenvalue weighted by atomic mass is 9.29. The molecule has 5 rings (SSSR count). The maximum atomic E-state index is 10.9. The quantitative estimate of drug-likeness (QED) is 0.425. The van der Waals surface area contributed by atoms with Crippen LogP contribution >= 0.6 is 0 Å². The highest BCUT2D eigenvalue weighted by Gasteiger charge is 2.74. The van der Waals surface area contributed by atoms with Crippen molar-refractivity contribution in [1.82, 2.24) is 0 Å². The fourth-order valence-corrected chi connectivity index (χ4v) is 12.2. The molecule has 0 aromatic rings. The summed E-state index contributed by atoms with van der Waals surface area (Å²) in [4.78, 5) is 0. The van der Waals surface area contributed by atoms with Crippen molar-refractivity contribution >= 4 is 0 Å². The molecule has 0 aromatic heterocycles. The van der Waals surface area contributed by atoms with Crippen LogP contribution in [0.2, 0.25) is 0 Å². The highest BCUT2D eigenvalue weighted by atomic mass is 16.3. The topological polar surface area (TPSA) is 40.5 Å². The van der Waals surface area contributed by atoms with Crippen molar-refractivity contribution in [2.24, 2.45) is 56.2 Å². The Bertz CT molecular complexity index is 831. The predicted octanol–water partition coefficient (Wildman–Crippen LogP) is 7.39. The lowest BCUT2D eigenvalue weighted by Crippen LogP contribution is -2.70. The first-order chi connectivity index (χ1) is 15.2. The molecule has 5 fully saturated rings. The highest BCUT2D eigenvalue weighted by Crippen LogP contribution is 2.81. The van der Waals surface area contributed by atoms with E-state index in [1.807, 2.05) is 0 Å². The molecule has 0 heterocycles. The summed E-state index contributed by atoms with van der Waals surface area (Å²) in [6, 6.07) is 0. The van der Waals surface area contributed by atoms with Gasteiger partial charge in [0.15, 0.2) is 0 Å². The molecule has 33 heavy (non-hydrogen) atoms. The Labute approximate surface area is 204 Å². The number of allylic oxidation sites excluding steroid dienone is 1. The van der Waals surface area contributed by atoms with Gasteiger partial charge in [0, 0.05) is 6.61 Å². The number of aliphatic hydroxyl groups is 2. The van der Waals surface area contributed by atoms with Gasteiger partial charge in [-0.3, -0.25) is 0 Å². The Kier molecular flexibility index (Phi) is 5.25. The summed E-state index contributed by atoms with van der Waals surface area (Å²) in [5, 5.41) is 21.7. The first-order valence-corrected chi connectivity index (χ1v) is 14.2. The molecule has 5 saturated carbocycles. The Hall–Kier alpha value is -0.340. The molecule has 2 N–H and O–H groups in total. The third kappa shape index (κ3) is 2.69. The molecule has 188 valence electrons. The van der Waals surface area contributed by atoms with E-state index in [2.05, 4.69) is 55.0 Å². The molecule has 2 heteroatoms. The van der Waals surface area contributed by atoms with Crippen molar-refractivity contribution in [3.8, 4) is 0 Å². The molecule has 0 spiro atoms. The van der Waals surface area contributed by atoms with Crippen LogP contribution in [0.4, 0.5) is 0 Å². The van der Waals surface area contributed by atoms with Crippen LogP contribution in [0.25, 0.3) is 0 Å². The van der Waals surface area contributed by atoms with E-state index in [1.165, 1.54) is 63.4 Å². The maximum Gasteiger partial charge on any atom is 0.0594 e. The van der Waals surface area contributed by atoms with Crippen LogP contribution < -0.4 is 0 Å². The van der Waals surface area contributed by atoms with Crippen molar-refractivity contribution in [1.29, 1.82) is 0 Å². The van der Waals surface area contributed by atoms with E-state index >= 15 is 0 Å². The van der Waals surface area contributed by atoms with E-state index in [0.29, 0.717) is 40.6 Å². The molecule has 0 aliphatic heterocycles. The molecule has 10 atom stereocenters. The minimum Gasteiger partial charge on any atom is -0.396 e. The Morgan fingerprint density at radius 2 is 1.42 bits per heavy atom. The zero-order chi connectivity index (χ0) is 24.2. The van der Waals surface area contributed by atoms with Gasteiger partial charge in [0.05, 0.1) is 6.10 Å². The van der Waals surface area contributed by atoms with Gasteiger partial charge in [-0.25, -0.2) is 0 Å². The zero-order valence-corrected chi connectivity index (χ0v) is 22.8. The molecule has 0 bridgehead atoms. The molecular weight excluding hydrogens is 404 g/mol. The molecule has 5 aliphatic carbocycles. The van der Waals surface area contributed by atoms with Crippen LogP contribution in [0.15, 0.2) is 12.2 Å². The molecule has 0 saturated heterocycles. The van der Waals surface area contributed by atoms with Crippen molar-refractivity contribution in [3.05, 3.63) is 12.2 Å². The summed E-state index contributed by atoms with van der Waals surface area (Å²) in [6.07, 6.45) is 12.0. The fourth-order valence-electron chi connectivity index (χ4n) is 12.2. The van der Waals surface area contributed by atoms with Crippen LogP contribution in [0, 0.1) is 56.2 Å². The van der Waals surface area contributed by atoms with E-state index in [1.54, 1.807) is 0 Å². The van der Waals surface area contributed by atoms with Gasteiger partial charge in [-0.1, -0.05) is 53.7 Å². The number of hydrogen-bond donors (Lipinski definition) is 2. The third-order valence-corrected chi connectivity index (χ3v) is 14.3. The Morgan fingerprint density at radius 3 is 2.06 bits per heavy atom. The first kappa shape index (κ1) is 24.4. The van der Waals surface area contributed by atoms with Gasteiger partial charge in [-0.2, -0.15) is 0 Å². The molecule has 5 aliphatic rings. The van der Waals surface area contributed by atoms with E-state index < -0.39 is 0 Å². The van der Waals surface area contributed by atoms with E-state index in [4.69, 9.17) is 0 Å². The summed E-state index contributed by atoms with van der Waals surface area (Å²) in [7, 11) is 0. The fraction of sp³-hybridized carbons (Fsp3) is 0.935. The second-order valence-corrected chi connectivity index (χ2v) is 15.2. The molecule has 0 aromatic carbocycles. The van der Waals surface area contributed by atoms with Crippen LogP contribution in [0.5, 0.6) is 0 Å². The largest absolute Gasteiger partial charge is 0.396 e. The van der Waals surface area contributed by atoms with Crippen molar-refractivity contribution in [2.75, 3.05) is 6.61 Å². The van der Waals surface area contributed by atoms with E-state index in [-0.39, 0.29) is 22.3 Å². The zero-order valence-electron chi connectivity index (χ0n) is 22.8. The second-order valence-electron chi connectivity index (χ2n) is 15.2. The minimum atomic E-state index is -0.154. The van der Waals surface area contributed by atoms with Crippen LogP contribution in [-0.4, -0.2) is 22.9 Å². The van der Waals surface area contributed by atoms with E-state index in [0.717, 1.165) is 12.3 Å². The van der Waals surface area contributed by atoms with Gasteiger partial charge in [0.2, 0.25) is 0 Å². The molecule has 0 amide bonds. The number of rotatable bonds is 2. The predicted molar refractivity (Wildman–Crippen MR) is 137 cm³/mol. The average Bonchev–Trinajstić information content (AvgIpc) is 3.15. The minimum absolute atomic E-state index is 0.0189. The normalized spacial score (nSPS) is 57.4. The maximum absolute atomic E-state index is 10.9. The Balaban J connectivity index is 1.60. The Morgan fingerprint density at radius 1 is 0.788 bits per heavy atom.